The molecule has 226 valence electrons. The first-order valence-electron chi connectivity index (χ1n) is 16.0. The van der Waals surface area contributed by atoms with E-state index in [9.17, 15) is 0 Å². The number of nitrogens with zero attached hydrogens (tertiary/aromatic N) is 1. The maximum Gasteiger partial charge on any atom is 0.227 e. The Hall–Kier alpha value is -5.31. The van der Waals surface area contributed by atoms with E-state index in [2.05, 4.69) is 146 Å². The van der Waals surface area contributed by atoms with Crippen molar-refractivity contribution < 1.29 is 0 Å². The lowest BCUT2D eigenvalue weighted by atomic mass is 9.83. The molecule has 1 aliphatic heterocycles. The van der Waals surface area contributed by atoms with Crippen molar-refractivity contribution >= 4 is 39.5 Å². The maximum atomic E-state index is 5.68. The summed E-state index contributed by atoms with van der Waals surface area (Å²) in [6.45, 7) is 12.9. The zero-order valence-corrected chi connectivity index (χ0v) is 26.8. The first-order valence-corrected chi connectivity index (χ1v) is 16.0. The van der Waals surface area contributed by atoms with E-state index >= 15 is 0 Å². The van der Waals surface area contributed by atoms with Crippen LogP contribution in [0.1, 0.15) is 31.4 Å². The minimum Gasteiger partial charge on any atom is -0.327 e. The van der Waals surface area contributed by atoms with Crippen LogP contribution in [0.15, 0.2) is 158 Å². The van der Waals surface area contributed by atoms with Crippen LogP contribution >= 0.6 is 0 Å². The van der Waals surface area contributed by atoms with Crippen LogP contribution in [-0.4, -0.2) is 12.8 Å². The third kappa shape index (κ3) is 6.00. The second kappa shape index (κ2) is 13.8. The fourth-order valence-corrected chi connectivity index (χ4v) is 6.51. The van der Waals surface area contributed by atoms with Gasteiger partial charge in [-0.15, -0.1) is 0 Å². The minimum absolute atomic E-state index is 0.358. The van der Waals surface area contributed by atoms with E-state index in [0.29, 0.717) is 12.5 Å². The smallest absolute Gasteiger partial charge is 0.227 e. The summed E-state index contributed by atoms with van der Waals surface area (Å²) in [5.74, 6) is 0.358. The molecule has 0 saturated carbocycles. The number of hydrogen-bond donors (Lipinski definition) is 1. The summed E-state index contributed by atoms with van der Waals surface area (Å²) in [5, 5.41) is 2.47. The fraction of sp³-hybridized carbons (Fsp3) is 0.114. The SMILES string of the molecule is C=CC1=CC=C(c2ccc3c4c(ccc3c2)-c2ccc(-c3cccc(C(=C)/C=C\CN)c3)cc2[N+]4=C/C=C\C=C/C)CC1/C=C\C. The van der Waals surface area contributed by atoms with Gasteiger partial charge in [-0.1, -0.05) is 110 Å². The van der Waals surface area contributed by atoms with Crippen molar-refractivity contribution in [3.8, 4) is 22.3 Å². The highest BCUT2D eigenvalue weighted by Crippen LogP contribution is 2.49. The van der Waals surface area contributed by atoms with Crippen LogP contribution in [0.25, 0.3) is 44.2 Å². The van der Waals surface area contributed by atoms with E-state index in [1.165, 1.54) is 55.5 Å². The average molecular weight is 598 g/mol. The molecule has 0 fully saturated rings. The molecule has 1 heterocycles. The summed E-state index contributed by atoms with van der Waals surface area (Å²) in [7, 11) is 0. The molecule has 0 radical (unpaired) electrons. The van der Waals surface area contributed by atoms with E-state index in [1.807, 2.05) is 31.2 Å². The number of allylic oxidation sites excluding steroid dienone is 13. The van der Waals surface area contributed by atoms with E-state index in [0.717, 1.165) is 23.1 Å². The van der Waals surface area contributed by atoms with Gasteiger partial charge >= 0.3 is 0 Å². The molecule has 46 heavy (non-hydrogen) atoms. The van der Waals surface area contributed by atoms with Gasteiger partial charge in [-0.25, -0.2) is 0 Å². The van der Waals surface area contributed by atoms with Crippen molar-refractivity contribution in [2.24, 2.45) is 11.7 Å². The van der Waals surface area contributed by atoms with Gasteiger partial charge in [0.25, 0.3) is 0 Å². The first kappa shape index (κ1) is 30.7. The summed E-state index contributed by atoms with van der Waals surface area (Å²) >= 11 is 0. The maximum absolute atomic E-state index is 5.68. The molecular weight excluding hydrogens is 556 g/mol. The molecule has 0 bridgehead atoms. The van der Waals surface area contributed by atoms with Gasteiger partial charge < -0.3 is 5.73 Å². The van der Waals surface area contributed by atoms with Crippen LogP contribution in [0, 0.1) is 5.92 Å². The highest BCUT2D eigenvalue weighted by atomic mass is 15.0. The van der Waals surface area contributed by atoms with Gasteiger partial charge in [-0.05, 0) is 95.0 Å². The quantitative estimate of drug-likeness (QED) is 0.102. The minimum atomic E-state index is 0.358. The molecule has 1 aliphatic carbocycles. The molecule has 1 atom stereocenters. The fourth-order valence-electron chi connectivity index (χ4n) is 6.51. The van der Waals surface area contributed by atoms with Crippen LogP contribution in [0.3, 0.4) is 0 Å². The van der Waals surface area contributed by atoms with Gasteiger partial charge in [0, 0.05) is 24.6 Å². The van der Waals surface area contributed by atoms with Crippen LogP contribution in [-0.2, 0) is 0 Å². The van der Waals surface area contributed by atoms with Crippen molar-refractivity contribution in [2.45, 2.75) is 20.3 Å². The second-order valence-electron chi connectivity index (χ2n) is 11.7. The normalized spacial score (nSPS) is 16.9. The molecule has 4 aromatic carbocycles. The topological polar surface area (TPSA) is 29.0 Å². The number of hydrogen-bond acceptors (Lipinski definition) is 1. The summed E-state index contributed by atoms with van der Waals surface area (Å²) in [6, 6.07) is 26.9. The van der Waals surface area contributed by atoms with Gasteiger partial charge in [0.2, 0.25) is 11.4 Å². The molecule has 2 nitrogen and oxygen atoms in total. The lowest BCUT2D eigenvalue weighted by Crippen LogP contribution is -2.05. The van der Waals surface area contributed by atoms with Crippen LogP contribution in [0.2, 0.25) is 0 Å². The number of benzene rings is 4. The predicted octanol–water partition coefficient (Wildman–Crippen LogP) is 11.1. The second-order valence-corrected chi connectivity index (χ2v) is 11.7. The number of nitrogens with two attached hydrogens (primary N) is 1. The molecule has 2 heteroatoms. The summed E-state index contributed by atoms with van der Waals surface area (Å²) in [6.07, 6.45) is 26.3. The molecule has 0 aromatic heterocycles. The van der Waals surface area contributed by atoms with Gasteiger partial charge in [0.1, 0.15) is 0 Å². The zero-order chi connectivity index (χ0) is 32.0. The first-order chi connectivity index (χ1) is 22.6. The van der Waals surface area contributed by atoms with E-state index in [1.54, 1.807) is 0 Å². The summed E-state index contributed by atoms with van der Waals surface area (Å²) in [5.41, 5.74) is 18.8. The van der Waals surface area contributed by atoms with E-state index in [4.69, 9.17) is 5.73 Å². The molecule has 0 saturated heterocycles. The summed E-state index contributed by atoms with van der Waals surface area (Å²) < 4.78 is 2.35. The van der Waals surface area contributed by atoms with Crippen molar-refractivity contribution in [3.05, 3.63) is 169 Å². The van der Waals surface area contributed by atoms with E-state index < -0.39 is 0 Å². The lowest BCUT2D eigenvalue weighted by Gasteiger charge is -2.21. The molecule has 6 rings (SSSR count). The Kier molecular flexibility index (Phi) is 9.19. The van der Waals surface area contributed by atoms with Gasteiger partial charge in [-0.3, -0.25) is 0 Å². The Bertz CT molecular complexity index is 2060. The van der Waals surface area contributed by atoms with Crippen molar-refractivity contribution in [1.29, 1.82) is 0 Å². The lowest BCUT2D eigenvalue weighted by molar-refractivity contribution is 0.797. The highest BCUT2D eigenvalue weighted by molar-refractivity contribution is 6.10. The molecular formula is C44H41N2+. The van der Waals surface area contributed by atoms with Crippen molar-refractivity contribution in [2.75, 3.05) is 6.54 Å². The molecule has 2 N–H and O–H groups in total. The van der Waals surface area contributed by atoms with Crippen LogP contribution in [0.4, 0.5) is 11.4 Å². The Labute approximate surface area is 273 Å². The number of rotatable bonds is 9. The largest absolute Gasteiger partial charge is 0.327 e. The van der Waals surface area contributed by atoms with Gasteiger partial charge in [0.15, 0.2) is 6.21 Å². The summed E-state index contributed by atoms with van der Waals surface area (Å²) in [4.78, 5) is 0. The Morgan fingerprint density at radius 1 is 0.870 bits per heavy atom. The molecule has 2 aliphatic rings. The van der Waals surface area contributed by atoms with E-state index in [-0.39, 0.29) is 0 Å². The molecule has 0 spiro atoms. The average Bonchev–Trinajstić information content (AvgIpc) is 3.42. The van der Waals surface area contributed by atoms with Gasteiger partial charge in [0.05, 0.1) is 16.5 Å². The third-order valence-corrected chi connectivity index (χ3v) is 8.83. The Balaban J connectivity index is 1.44. The standard InChI is InChI=1S/C44H41N2/c1-5-8-9-10-26-46-43-30-38(35-16-11-15-33(27-35)31(4)14-12-25-45)20-23-41(43)42-24-21-39-29-37(19-22-40(39)44(42)46)36-18-17-32(7-3)34(28-36)13-6-2/h5-24,26-27,29-30,34H,3-4,25,28,45H2,1-2H3/q+1/b8-5-,10-9-,13-6-,14-12-,46-26?. The molecule has 1 unspecified atom stereocenters. The van der Waals surface area contributed by atoms with Crippen LogP contribution < -0.4 is 10.3 Å². The molecule has 4 aromatic rings. The Morgan fingerprint density at radius 2 is 1.70 bits per heavy atom. The van der Waals surface area contributed by atoms with Crippen LogP contribution in [0.5, 0.6) is 0 Å². The monoisotopic (exact) mass is 597 g/mol. The number of fused-ring (bicyclic) bond motifs is 5. The van der Waals surface area contributed by atoms with Crippen molar-refractivity contribution in [3.63, 3.8) is 0 Å². The Morgan fingerprint density at radius 3 is 2.50 bits per heavy atom. The molecule has 0 amide bonds. The zero-order valence-electron chi connectivity index (χ0n) is 26.8. The van der Waals surface area contributed by atoms with Gasteiger partial charge in [-0.2, -0.15) is 4.58 Å². The third-order valence-electron chi connectivity index (χ3n) is 8.83. The highest BCUT2D eigenvalue weighted by Gasteiger charge is 2.33. The predicted molar refractivity (Wildman–Crippen MR) is 203 cm³/mol. The van der Waals surface area contributed by atoms with Crippen molar-refractivity contribution in [1.82, 2.24) is 4.58 Å².